The van der Waals surface area contributed by atoms with Crippen molar-refractivity contribution in [3.05, 3.63) is 11.8 Å². The van der Waals surface area contributed by atoms with Crippen LogP contribution in [0.3, 0.4) is 0 Å². The minimum Gasteiger partial charge on any atom is -0.410 e. The van der Waals surface area contributed by atoms with Crippen molar-refractivity contribution in [1.29, 1.82) is 0 Å². The second-order valence-corrected chi connectivity index (χ2v) is 4.16. The van der Waals surface area contributed by atoms with Gasteiger partial charge in [0.2, 0.25) is 0 Å². The van der Waals surface area contributed by atoms with Crippen LogP contribution in [-0.4, -0.2) is 18.2 Å². The Balaban J connectivity index is 2.71. The second kappa shape index (κ2) is 2.52. The summed E-state index contributed by atoms with van der Waals surface area (Å²) in [6.07, 6.45) is 2.17. The Morgan fingerprint density at radius 2 is 2.00 bits per heavy atom. The van der Waals surface area contributed by atoms with Crippen LogP contribution >= 0.6 is 0 Å². The molecular weight excluding hydrogens is 138 g/mol. The van der Waals surface area contributed by atoms with Crippen LogP contribution in [0.5, 0.6) is 0 Å². The van der Waals surface area contributed by atoms with E-state index >= 15 is 0 Å². The van der Waals surface area contributed by atoms with Crippen molar-refractivity contribution in [3.63, 3.8) is 0 Å². The van der Waals surface area contributed by atoms with E-state index in [4.69, 9.17) is 4.84 Å². The topological polar surface area (TPSA) is 12.5 Å². The van der Waals surface area contributed by atoms with Gasteiger partial charge in [-0.2, -0.15) is 0 Å². The van der Waals surface area contributed by atoms with E-state index in [-0.39, 0.29) is 5.41 Å². The summed E-state index contributed by atoms with van der Waals surface area (Å²) >= 11 is 0. The molecule has 64 valence electrons. The molecule has 0 aromatic carbocycles. The Bertz CT molecular complexity index is 178. The van der Waals surface area contributed by atoms with E-state index in [9.17, 15) is 0 Å². The molecular formula is C9H17NO. The molecule has 0 saturated carbocycles. The Hall–Kier alpha value is -0.500. The number of rotatable bonds is 0. The number of nitrogens with zero attached hydrogens (tertiary/aromatic N) is 1. The minimum absolute atomic E-state index is 0.138. The average Bonchev–Trinajstić information content (AvgIpc) is 2.11. The molecule has 2 heteroatoms. The van der Waals surface area contributed by atoms with Crippen LogP contribution in [0.15, 0.2) is 11.8 Å². The first-order valence-corrected chi connectivity index (χ1v) is 4.04. The van der Waals surface area contributed by atoms with Gasteiger partial charge < -0.3 is 4.84 Å². The predicted molar refractivity (Wildman–Crippen MR) is 45.8 cm³/mol. The van der Waals surface area contributed by atoms with Crippen LogP contribution in [0.2, 0.25) is 0 Å². The first-order chi connectivity index (χ1) is 4.91. The summed E-state index contributed by atoms with van der Waals surface area (Å²) < 4.78 is 0. The average molecular weight is 155 g/mol. The fourth-order valence-electron chi connectivity index (χ4n) is 0.980. The van der Waals surface area contributed by atoms with Gasteiger partial charge in [0.15, 0.2) is 0 Å². The van der Waals surface area contributed by atoms with Crippen molar-refractivity contribution in [1.82, 2.24) is 5.06 Å². The van der Waals surface area contributed by atoms with Crippen molar-refractivity contribution in [2.75, 3.05) is 7.05 Å². The molecule has 0 fully saturated rings. The third-order valence-electron chi connectivity index (χ3n) is 1.95. The van der Waals surface area contributed by atoms with Gasteiger partial charge in [-0.3, -0.25) is 0 Å². The molecule has 0 saturated heterocycles. The van der Waals surface area contributed by atoms with Crippen molar-refractivity contribution >= 4 is 0 Å². The molecule has 0 bridgehead atoms. The highest BCUT2D eigenvalue weighted by atomic mass is 16.7. The number of likely N-dealkylation sites (N-methyl/N-ethyl adjacent to an activating group) is 1. The molecule has 0 aromatic rings. The number of hydrogen-bond donors (Lipinski definition) is 0. The summed E-state index contributed by atoms with van der Waals surface area (Å²) in [5.41, 5.74) is 0.138. The van der Waals surface area contributed by atoms with Crippen LogP contribution in [0.4, 0.5) is 0 Å². The Labute approximate surface area is 68.8 Å². The smallest absolute Gasteiger partial charge is 0.127 e. The Morgan fingerprint density at radius 3 is 2.18 bits per heavy atom. The summed E-state index contributed by atoms with van der Waals surface area (Å²) in [5, 5.41) is 1.88. The fourth-order valence-corrected chi connectivity index (χ4v) is 0.980. The summed E-state index contributed by atoms with van der Waals surface area (Å²) in [6.45, 7) is 8.60. The van der Waals surface area contributed by atoms with Gasteiger partial charge in [0, 0.05) is 12.5 Å². The zero-order chi connectivity index (χ0) is 8.65. The first-order valence-electron chi connectivity index (χ1n) is 4.04. The second-order valence-electron chi connectivity index (χ2n) is 4.16. The van der Waals surface area contributed by atoms with Crippen molar-refractivity contribution < 1.29 is 4.84 Å². The molecule has 1 heterocycles. The quantitative estimate of drug-likeness (QED) is 0.531. The van der Waals surface area contributed by atoms with E-state index in [0.29, 0.717) is 6.04 Å². The van der Waals surface area contributed by atoms with Crippen LogP contribution < -0.4 is 0 Å². The van der Waals surface area contributed by atoms with Crippen LogP contribution in [0, 0.1) is 5.41 Å². The standard InChI is InChI=1S/C9H17NO/c1-7-6-8(9(2,3)4)11-10(7)5/h6-7H,1-5H3. The zero-order valence-electron chi connectivity index (χ0n) is 8.01. The highest BCUT2D eigenvalue weighted by Crippen LogP contribution is 2.31. The SMILES string of the molecule is CC1C=C(C(C)(C)C)ON1C. The van der Waals surface area contributed by atoms with E-state index in [0.717, 1.165) is 5.76 Å². The van der Waals surface area contributed by atoms with E-state index in [2.05, 4.69) is 33.8 Å². The van der Waals surface area contributed by atoms with E-state index < -0.39 is 0 Å². The van der Waals surface area contributed by atoms with E-state index in [1.165, 1.54) is 0 Å². The lowest BCUT2D eigenvalue weighted by atomic mass is 9.93. The lowest BCUT2D eigenvalue weighted by Gasteiger charge is -2.21. The molecule has 1 rings (SSSR count). The maximum absolute atomic E-state index is 5.53. The zero-order valence-corrected chi connectivity index (χ0v) is 8.01. The molecule has 0 spiro atoms. The molecule has 1 unspecified atom stereocenters. The normalized spacial score (nSPS) is 26.6. The largest absolute Gasteiger partial charge is 0.410 e. The third-order valence-corrected chi connectivity index (χ3v) is 1.95. The summed E-state index contributed by atoms with van der Waals surface area (Å²) in [6, 6.07) is 0.407. The number of hydrogen-bond acceptors (Lipinski definition) is 2. The van der Waals surface area contributed by atoms with E-state index in [1.54, 1.807) is 0 Å². The monoisotopic (exact) mass is 155 g/mol. The maximum Gasteiger partial charge on any atom is 0.127 e. The van der Waals surface area contributed by atoms with E-state index in [1.807, 2.05) is 12.1 Å². The van der Waals surface area contributed by atoms with Crippen LogP contribution in [0.25, 0.3) is 0 Å². The van der Waals surface area contributed by atoms with Gasteiger partial charge in [-0.15, -0.1) is 5.06 Å². The first kappa shape index (κ1) is 8.60. The molecule has 0 aromatic heterocycles. The molecule has 11 heavy (non-hydrogen) atoms. The predicted octanol–water partition coefficient (Wildman–Crippen LogP) is 2.18. The van der Waals surface area contributed by atoms with Gasteiger partial charge in [0.1, 0.15) is 5.76 Å². The molecule has 2 nitrogen and oxygen atoms in total. The van der Waals surface area contributed by atoms with Gasteiger partial charge in [0.05, 0.1) is 6.04 Å². The van der Waals surface area contributed by atoms with Crippen molar-refractivity contribution in [2.45, 2.75) is 33.7 Å². The van der Waals surface area contributed by atoms with Crippen molar-refractivity contribution in [2.24, 2.45) is 5.41 Å². The van der Waals surface area contributed by atoms with Gasteiger partial charge in [-0.1, -0.05) is 20.8 Å². The summed E-state index contributed by atoms with van der Waals surface area (Å²) in [4.78, 5) is 5.53. The van der Waals surface area contributed by atoms with Crippen molar-refractivity contribution in [3.8, 4) is 0 Å². The lowest BCUT2D eigenvalue weighted by Crippen LogP contribution is -2.22. The molecule has 0 amide bonds. The highest BCUT2D eigenvalue weighted by Gasteiger charge is 2.28. The fraction of sp³-hybridized carbons (Fsp3) is 0.778. The lowest BCUT2D eigenvalue weighted by molar-refractivity contribution is -0.105. The van der Waals surface area contributed by atoms with Gasteiger partial charge >= 0.3 is 0 Å². The number of allylic oxidation sites excluding steroid dienone is 1. The Morgan fingerprint density at radius 1 is 1.45 bits per heavy atom. The van der Waals surface area contributed by atoms with Crippen LogP contribution in [-0.2, 0) is 4.84 Å². The molecule has 0 radical (unpaired) electrons. The Kier molecular flexibility index (Phi) is 1.97. The third kappa shape index (κ3) is 1.74. The molecule has 1 atom stereocenters. The molecule has 1 aliphatic heterocycles. The summed E-state index contributed by atoms with van der Waals surface area (Å²) in [7, 11) is 1.96. The minimum atomic E-state index is 0.138. The number of hydroxylamine groups is 2. The molecule has 1 aliphatic rings. The van der Waals surface area contributed by atoms with Gasteiger partial charge in [0.25, 0.3) is 0 Å². The highest BCUT2D eigenvalue weighted by molar-refractivity contribution is 5.09. The molecule has 0 aliphatic carbocycles. The van der Waals surface area contributed by atoms with Gasteiger partial charge in [-0.25, -0.2) is 0 Å². The molecule has 0 N–H and O–H groups in total. The maximum atomic E-state index is 5.53. The van der Waals surface area contributed by atoms with Crippen LogP contribution in [0.1, 0.15) is 27.7 Å². The van der Waals surface area contributed by atoms with Gasteiger partial charge in [-0.05, 0) is 13.0 Å². The summed E-state index contributed by atoms with van der Waals surface area (Å²) in [5.74, 6) is 1.08.